The Bertz CT molecular complexity index is 617. The highest BCUT2D eigenvalue weighted by molar-refractivity contribution is 5.76. The molecule has 1 fully saturated rings. The molecule has 132 valence electrons. The van der Waals surface area contributed by atoms with E-state index >= 15 is 0 Å². The van der Waals surface area contributed by atoms with Crippen LogP contribution in [0.5, 0.6) is 5.75 Å². The van der Waals surface area contributed by atoms with Gasteiger partial charge in [-0.15, -0.1) is 0 Å². The number of hydrogen-bond donors (Lipinski definition) is 2. The van der Waals surface area contributed by atoms with Crippen molar-refractivity contribution in [2.45, 2.75) is 33.2 Å². The molecule has 3 N–H and O–H groups in total. The Morgan fingerprint density at radius 2 is 1.79 bits per heavy atom. The maximum absolute atomic E-state index is 12.1. The van der Waals surface area contributed by atoms with Gasteiger partial charge < -0.3 is 25.6 Å². The van der Waals surface area contributed by atoms with Crippen molar-refractivity contribution in [2.75, 3.05) is 36.8 Å². The van der Waals surface area contributed by atoms with Gasteiger partial charge in [-0.2, -0.15) is 0 Å². The summed E-state index contributed by atoms with van der Waals surface area (Å²) >= 11 is 0. The van der Waals surface area contributed by atoms with E-state index in [9.17, 15) is 9.59 Å². The zero-order chi connectivity index (χ0) is 17.9. The monoisotopic (exact) mass is 334 g/mol. The maximum atomic E-state index is 12.1. The molecule has 0 unspecified atom stereocenters. The first-order valence-corrected chi connectivity index (χ1v) is 8.06. The molecule has 24 heavy (non-hydrogen) atoms. The predicted molar refractivity (Wildman–Crippen MR) is 94.2 cm³/mol. The van der Waals surface area contributed by atoms with Crippen LogP contribution in [0.2, 0.25) is 0 Å². The summed E-state index contributed by atoms with van der Waals surface area (Å²) in [5, 5.41) is 2.77. The first-order chi connectivity index (χ1) is 11.2. The van der Waals surface area contributed by atoms with Gasteiger partial charge in [0.1, 0.15) is 0 Å². The van der Waals surface area contributed by atoms with Crippen LogP contribution < -0.4 is 20.7 Å². The molecule has 0 spiro atoms. The number of carbonyl (C=O) groups is 2. The van der Waals surface area contributed by atoms with Crippen molar-refractivity contribution in [3.63, 3.8) is 0 Å². The number of nitrogen functional groups attached to an aromatic ring is 1. The fourth-order valence-corrected chi connectivity index (χ4v) is 2.57. The van der Waals surface area contributed by atoms with E-state index in [1.807, 2.05) is 26.8 Å². The lowest BCUT2D eigenvalue weighted by Gasteiger charge is -2.36. The molecule has 0 radical (unpaired) electrons. The standard InChI is InChI=1S/C17H26N4O3/c1-12(22)20-7-9-21(10-8-20)14-6-5-13(18)11-15(14)24-16(23)19-17(2,3)4/h5-6,11H,7-10,18H2,1-4H3,(H,19,23). The van der Waals surface area contributed by atoms with E-state index in [0.717, 1.165) is 5.69 Å². The summed E-state index contributed by atoms with van der Waals surface area (Å²) < 4.78 is 5.48. The molecule has 0 saturated carbocycles. The van der Waals surface area contributed by atoms with Gasteiger partial charge in [-0.05, 0) is 32.9 Å². The Balaban J connectivity index is 2.13. The van der Waals surface area contributed by atoms with Crippen LogP contribution in [0.1, 0.15) is 27.7 Å². The Morgan fingerprint density at radius 3 is 2.33 bits per heavy atom. The summed E-state index contributed by atoms with van der Waals surface area (Å²) in [6.07, 6.45) is -0.517. The number of nitrogens with two attached hydrogens (primary N) is 1. The number of amides is 2. The number of hydrogen-bond acceptors (Lipinski definition) is 5. The number of nitrogens with one attached hydrogen (secondary N) is 1. The van der Waals surface area contributed by atoms with Crippen molar-refractivity contribution in [1.82, 2.24) is 10.2 Å². The van der Waals surface area contributed by atoms with E-state index in [2.05, 4.69) is 10.2 Å². The highest BCUT2D eigenvalue weighted by Crippen LogP contribution is 2.31. The molecule has 0 bridgehead atoms. The van der Waals surface area contributed by atoms with Gasteiger partial charge in [-0.1, -0.05) is 0 Å². The van der Waals surface area contributed by atoms with Crippen LogP contribution in [0.4, 0.5) is 16.2 Å². The summed E-state index contributed by atoms with van der Waals surface area (Å²) in [7, 11) is 0. The molecule has 1 aliphatic rings. The Labute approximate surface area is 142 Å². The van der Waals surface area contributed by atoms with Gasteiger partial charge in [-0.25, -0.2) is 4.79 Å². The summed E-state index contributed by atoms with van der Waals surface area (Å²) in [5.74, 6) is 0.501. The van der Waals surface area contributed by atoms with Crippen molar-refractivity contribution in [3.05, 3.63) is 18.2 Å². The minimum absolute atomic E-state index is 0.0768. The Morgan fingerprint density at radius 1 is 1.17 bits per heavy atom. The normalized spacial score (nSPS) is 15.2. The van der Waals surface area contributed by atoms with E-state index in [-0.39, 0.29) is 11.4 Å². The lowest BCUT2D eigenvalue weighted by Crippen LogP contribution is -2.48. The number of anilines is 2. The molecule has 1 aliphatic heterocycles. The number of nitrogens with zero attached hydrogens (tertiary/aromatic N) is 2. The SMILES string of the molecule is CC(=O)N1CCN(c2ccc(N)cc2OC(=O)NC(C)(C)C)CC1. The van der Waals surface area contributed by atoms with Crippen LogP contribution in [0.15, 0.2) is 18.2 Å². The molecule has 7 heteroatoms. The van der Waals surface area contributed by atoms with Crippen LogP contribution in [-0.4, -0.2) is 48.6 Å². The average Bonchev–Trinajstić information content (AvgIpc) is 2.45. The molecule has 2 amide bonds. The highest BCUT2D eigenvalue weighted by Gasteiger charge is 2.23. The van der Waals surface area contributed by atoms with Gasteiger partial charge in [0.05, 0.1) is 5.69 Å². The second-order valence-electron chi connectivity index (χ2n) is 6.98. The molecule has 0 aliphatic carbocycles. The fourth-order valence-electron chi connectivity index (χ4n) is 2.57. The smallest absolute Gasteiger partial charge is 0.408 e. The summed E-state index contributed by atoms with van der Waals surface area (Å²) in [5.41, 5.74) is 6.78. The number of rotatable bonds is 2. The fraction of sp³-hybridized carbons (Fsp3) is 0.529. The van der Waals surface area contributed by atoms with Crippen molar-refractivity contribution in [2.24, 2.45) is 0 Å². The molecule has 0 aromatic heterocycles. The van der Waals surface area contributed by atoms with Crippen LogP contribution in [0, 0.1) is 0 Å². The van der Waals surface area contributed by atoms with Crippen LogP contribution in [0.3, 0.4) is 0 Å². The molecule has 0 atom stereocenters. The van der Waals surface area contributed by atoms with Crippen molar-refractivity contribution in [3.8, 4) is 5.75 Å². The number of ether oxygens (including phenoxy) is 1. The van der Waals surface area contributed by atoms with Crippen LogP contribution in [0.25, 0.3) is 0 Å². The van der Waals surface area contributed by atoms with Gasteiger partial charge in [0.15, 0.2) is 5.75 Å². The highest BCUT2D eigenvalue weighted by atomic mass is 16.6. The lowest BCUT2D eigenvalue weighted by molar-refractivity contribution is -0.129. The largest absolute Gasteiger partial charge is 0.413 e. The topological polar surface area (TPSA) is 87.9 Å². The van der Waals surface area contributed by atoms with E-state index in [1.54, 1.807) is 24.0 Å². The molecule has 1 saturated heterocycles. The summed E-state index contributed by atoms with van der Waals surface area (Å²) in [6.45, 7) is 9.88. The van der Waals surface area contributed by atoms with Gasteiger partial charge in [-0.3, -0.25) is 4.79 Å². The Hall–Kier alpha value is -2.44. The van der Waals surface area contributed by atoms with Crippen molar-refractivity contribution >= 4 is 23.4 Å². The van der Waals surface area contributed by atoms with E-state index in [0.29, 0.717) is 37.6 Å². The van der Waals surface area contributed by atoms with Gasteiger partial charge >= 0.3 is 6.09 Å². The molecule has 1 heterocycles. The second-order valence-corrected chi connectivity index (χ2v) is 6.98. The molecular weight excluding hydrogens is 308 g/mol. The Kier molecular flexibility index (Phi) is 5.21. The van der Waals surface area contributed by atoms with Crippen LogP contribution in [-0.2, 0) is 4.79 Å². The third-order valence-electron chi connectivity index (χ3n) is 3.73. The maximum Gasteiger partial charge on any atom is 0.413 e. The number of benzene rings is 1. The van der Waals surface area contributed by atoms with Crippen molar-refractivity contribution in [1.29, 1.82) is 0 Å². The lowest BCUT2D eigenvalue weighted by atomic mass is 10.1. The predicted octanol–water partition coefficient (Wildman–Crippen LogP) is 1.82. The molecule has 1 aromatic carbocycles. The molecule has 7 nitrogen and oxygen atoms in total. The zero-order valence-electron chi connectivity index (χ0n) is 14.8. The summed E-state index contributed by atoms with van der Waals surface area (Å²) in [4.78, 5) is 27.4. The third kappa shape index (κ3) is 4.78. The molecule has 1 aromatic rings. The van der Waals surface area contributed by atoms with Gasteiger partial charge in [0.25, 0.3) is 0 Å². The quantitative estimate of drug-likeness (QED) is 0.806. The minimum Gasteiger partial charge on any atom is -0.408 e. The zero-order valence-corrected chi connectivity index (χ0v) is 14.8. The van der Waals surface area contributed by atoms with Gasteiger partial charge in [0.2, 0.25) is 5.91 Å². The molecular formula is C17H26N4O3. The first-order valence-electron chi connectivity index (χ1n) is 8.06. The van der Waals surface area contributed by atoms with Crippen LogP contribution >= 0.6 is 0 Å². The first kappa shape index (κ1) is 17.9. The molecule has 2 rings (SSSR count). The number of piperazine rings is 1. The van der Waals surface area contributed by atoms with Gasteiger partial charge in [0, 0.05) is 50.4 Å². The van der Waals surface area contributed by atoms with E-state index in [1.165, 1.54) is 0 Å². The minimum atomic E-state index is -0.517. The number of carbonyl (C=O) groups excluding carboxylic acids is 2. The average molecular weight is 334 g/mol. The van der Waals surface area contributed by atoms with E-state index < -0.39 is 6.09 Å². The second kappa shape index (κ2) is 6.98. The van der Waals surface area contributed by atoms with Crippen molar-refractivity contribution < 1.29 is 14.3 Å². The summed E-state index contributed by atoms with van der Waals surface area (Å²) in [6, 6.07) is 5.27. The van der Waals surface area contributed by atoms with E-state index in [4.69, 9.17) is 10.5 Å². The third-order valence-corrected chi connectivity index (χ3v) is 3.73.